The van der Waals surface area contributed by atoms with Crippen LogP contribution in [0.15, 0.2) is 6.07 Å². The summed E-state index contributed by atoms with van der Waals surface area (Å²) in [6.07, 6.45) is 0. The van der Waals surface area contributed by atoms with Gasteiger partial charge in [-0.3, -0.25) is 0 Å². The monoisotopic (exact) mass is 172 g/mol. The van der Waals surface area contributed by atoms with Crippen LogP contribution in [0.2, 0.25) is 0 Å². The lowest BCUT2D eigenvalue weighted by molar-refractivity contribution is 0.0518. The van der Waals surface area contributed by atoms with Crippen LogP contribution < -0.4 is 0 Å². The highest BCUT2D eigenvalue weighted by Gasteiger charge is 2.12. The normalized spacial score (nSPS) is 9.92. The number of hydrogen-bond donors (Lipinski definition) is 0. The van der Waals surface area contributed by atoms with Crippen LogP contribution in [-0.2, 0) is 11.8 Å². The molecule has 66 valence electrons. The number of carbonyl (C=O) groups excluding carboxylic acids is 1. The lowest BCUT2D eigenvalue weighted by atomic mass is 10.4. The summed E-state index contributed by atoms with van der Waals surface area (Å²) in [5, 5.41) is 3.60. The summed E-state index contributed by atoms with van der Waals surface area (Å²) in [4.78, 5) is 10.9. The van der Waals surface area contributed by atoms with Crippen LogP contribution in [0.5, 0.6) is 0 Å². The smallest absolute Gasteiger partial charge is 0.358 e. The number of carbonyl (C=O) groups is 1. The van der Waals surface area contributed by atoms with Gasteiger partial charge >= 0.3 is 5.97 Å². The molecule has 1 aromatic rings. The van der Waals surface area contributed by atoms with Crippen molar-refractivity contribution < 1.29 is 13.9 Å². The van der Waals surface area contributed by atoms with Crippen LogP contribution in [0.4, 0.5) is 4.39 Å². The molecule has 0 N–H and O–H groups in total. The Labute approximate surface area is 68.9 Å². The quantitative estimate of drug-likeness (QED) is 0.618. The third-order valence-corrected chi connectivity index (χ3v) is 1.31. The second-order valence-electron chi connectivity index (χ2n) is 2.20. The maximum atomic E-state index is 12.6. The summed E-state index contributed by atoms with van der Waals surface area (Å²) < 4.78 is 18.2. The van der Waals surface area contributed by atoms with Crippen LogP contribution in [0.1, 0.15) is 17.4 Å². The lowest BCUT2D eigenvalue weighted by Gasteiger charge is -1.95. The zero-order valence-corrected chi connectivity index (χ0v) is 6.87. The fourth-order valence-corrected chi connectivity index (χ4v) is 0.749. The molecule has 5 heteroatoms. The second kappa shape index (κ2) is 3.34. The molecule has 0 amide bonds. The van der Waals surface area contributed by atoms with Crippen molar-refractivity contribution in [2.45, 2.75) is 6.92 Å². The molecule has 0 aliphatic heterocycles. The van der Waals surface area contributed by atoms with E-state index >= 15 is 0 Å². The van der Waals surface area contributed by atoms with Gasteiger partial charge in [-0.15, -0.1) is 0 Å². The summed E-state index contributed by atoms with van der Waals surface area (Å²) in [5.74, 6) is -1.16. The fourth-order valence-electron chi connectivity index (χ4n) is 0.749. The van der Waals surface area contributed by atoms with E-state index in [0.717, 1.165) is 10.7 Å². The molecule has 0 saturated heterocycles. The van der Waals surface area contributed by atoms with Crippen molar-refractivity contribution in [3.63, 3.8) is 0 Å². The Hall–Kier alpha value is -1.39. The first-order chi connectivity index (χ1) is 5.65. The van der Waals surface area contributed by atoms with E-state index in [0.29, 0.717) is 0 Å². The highest BCUT2D eigenvalue weighted by Crippen LogP contribution is 2.01. The molecule has 4 nitrogen and oxygen atoms in total. The molecule has 0 saturated carbocycles. The number of esters is 1. The van der Waals surface area contributed by atoms with E-state index in [1.54, 1.807) is 6.92 Å². The van der Waals surface area contributed by atoms with Crippen molar-refractivity contribution in [2.75, 3.05) is 6.61 Å². The van der Waals surface area contributed by atoms with Gasteiger partial charge in [0.05, 0.1) is 6.61 Å². The topological polar surface area (TPSA) is 44.1 Å². The SMILES string of the molecule is CCOC(=O)c1cc(F)n(C)n1. The van der Waals surface area contributed by atoms with E-state index in [1.165, 1.54) is 7.05 Å². The highest BCUT2D eigenvalue weighted by atomic mass is 19.1. The average molecular weight is 172 g/mol. The number of nitrogens with zero attached hydrogens (tertiary/aromatic N) is 2. The summed E-state index contributed by atoms with van der Waals surface area (Å²) in [6, 6.07) is 1.04. The van der Waals surface area contributed by atoms with Gasteiger partial charge in [0.15, 0.2) is 5.69 Å². The Morgan fingerprint density at radius 2 is 2.50 bits per heavy atom. The third kappa shape index (κ3) is 1.61. The standard InChI is InChI=1S/C7H9FN2O2/c1-3-12-7(11)5-4-6(8)10(2)9-5/h4H,3H2,1-2H3. The van der Waals surface area contributed by atoms with E-state index in [4.69, 9.17) is 0 Å². The van der Waals surface area contributed by atoms with Gasteiger partial charge in [-0.05, 0) is 6.92 Å². The first-order valence-electron chi connectivity index (χ1n) is 3.51. The number of rotatable bonds is 2. The summed E-state index contributed by atoms with van der Waals surface area (Å²) >= 11 is 0. The molecule has 0 unspecified atom stereocenters. The van der Waals surface area contributed by atoms with Crippen LogP contribution in [0.3, 0.4) is 0 Å². The van der Waals surface area contributed by atoms with Gasteiger partial charge in [0.2, 0.25) is 5.95 Å². The van der Waals surface area contributed by atoms with E-state index in [9.17, 15) is 9.18 Å². The van der Waals surface area contributed by atoms with E-state index in [2.05, 4.69) is 9.84 Å². The van der Waals surface area contributed by atoms with Crippen LogP contribution in [0.25, 0.3) is 0 Å². The largest absolute Gasteiger partial charge is 0.461 e. The van der Waals surface area contributed by atoms with Gasteiger partial charge < -0.3 is 4.74 Å². The Morgan fingerprint density at radius 1 is 1.83 bits per heavy atom. The maximum Gasteiger partial charge on any atom is 0.358 e. The molecule has 0 aromatic carbocycles. The Balaban J connectivity index is 2.82. The lowest BCUT2D eigenvalue weighted by Crippen LogP contribution is -2.05. The molecule has 0 atom stereocenters. The first-order valence-corrected chi connectivity index (χ1v) is 3.51. The van der Waals surface area contributed by atoms with Gasteiger partial charge in [-0.25, -0.2) is 9.48 Å². The summed E-state index contributed by atoms with van der Waals surface area (Å²) in [7, 11) is 1.41. The first kappa shape index (κ1) is 8.70. The predicted octanol–water partition coefficient (Wildman–Crippen LogP) is 0.736. The zero-order valence-electron chi connectivity index (χ0n) is 6.87. The molecule has 0 spiro atoms. The molecule has 0 fully saturated rings. The molecule has 1 aromatic heterocycles. The van der Waals surface area contributed by atoms with Crippen LogP contribution in [0, 0.1) is 5.95 Å². The number of ether oxygens (including phenoxy) is 1. The van der Waals surface area contributed by atoms with Gasteiger partial charge in [0.25, 0.3) is 0 Å². The molecule has 0 radical (unpaired) electrons. The van der Waals surface area contributed by atoms with Gasteiger partial charge in [0.1, 0.15) is 0 Å². The van der Waals surface area contributed by atoms with E-state index in [-0.39, 0.29) is 12.3 Å². The van der Waals surface area contributed by atoms with Gasteiger partial charge in [0, 0.05) is 13.1 Å². The van der Waals surface area contributed by atoms with E-state index in [1.807, 2.05) is 0 Å². The third-order valence-electron chi connectivity index (χ3n) is 1.31. The minimum absolute atomic E-state index is 0.00292. The molecule has 12 heavy (non-hydrogen) atoms. The van der Waals surface area contributed by atoms with Crippen molar-refractivity contribution in [1.29, 1.82) is 0 Å². The predicted molar refractivity (Wildman–Crippen MR) is 39.1 cm³/mol. The van der Waals surface area contributed by atoms with Crippen molar-refractivity contribution in [3.8, 4) is 0 Å². The second-order valence-corrected chi connectivity index (χ2v) is 2.20. The van der Waals surface area contributed by atoms with E-state index < -0.39 is 11.9 Å². The van der Waals surface area contributed by atoms with Crippen LogP contribution in [-0.4, -0.2) is 22.4 Å². The number of halogens is 1. The van der Waals surface area contributed by atoms with Crippen molar-refractivity contribution >= 4 is 5.97 Å². The maximum absolute atomic E-state index is 12.6. The number of aryl methyl sites for hydroxylation is 1. The Kier molecular flexibility index (Phi) is 2.42. The molecular formula is C7H9FN2O2. The van der Waals surface area contributed by atoms with Crippen molar-refractivity contribution in [3.05, 3.63) is 17.7 Å². The van der Waals surface area contributed by atoms with Crippen molar-refractivity contribution in [1.82, 2.24) is 9.78 Å². The number of aromatic nitrogens is 2. The Morgan fingerprint density at radius 3 is 2.92 bits per heavy atom. The zero-order chi connectivity index (χ0) is 9.14. The molecule has 1 heterocycles. The molecule has 0 bridgehead atoms. The van der Waals surface area contributed by atoms with Crippen LogP contribution >= 0.6 is 0 Å². The van der Waals surface area contributed by atoms with Gasteiger partial charge in [-0.1, -0.05) is 0 Å². The molecule has 1 rings (SSSR count). The van der Waals surface area contributed by atoms with Crippen molar-refractivity contribution in [2.24, 2.45) is 7.05 Å². The summed E-state index contributed by atoms with van der Waals surface area (Å²) in [6.45, 7) is 1.94. The fraction of sp³-hybridized carbons (Fsp3) is 0.429. The average Bonchev–Trinajstić information content (AvgIpc) is 2.33. The molecule has 0 aliphatic rings. The Bertz CT molecular complexity index is 276. The molecule has 0 aliphatic carbocycles. The van der Waals surface area contributed by atoms with Gasteiger partial charge in [-0.2, -0.15) is 9.49 Å². The minimum Gasteiger partial charge on any atom is -0.461 e. The number of hydrogen-bond acceptors (Lipinski definition) is 3. The molecular weight excluding hydrogens is 163 g/mol. The highest BCUT2D eigenvalue weighted by molar-refractivity contribution is 5.87. The minimum atomic E-state index is -0.600. The summed E-state index contributed by atoms with van der Waals surface area (Å²) in [5.41, 5.74) is -0.00292.